The van der Waals surface area contributed by atoms with E-state index in [1.165, 1.54) is 19.4 Å². The van der Waals surface area contributed by atoms with Crippen LogP contribution in [0.5, 0.6) is 11.5 Å². The quantitative estimate of drug-likeness (QED) is 0.567. The molecule has 0 unspecified atom stereocenters. The SMILES string of the molecule is COc1cc(/C=N\Nc2ccc(F)cc2F)ccc1OCC(=O)N1CCOCC1. The molecule has 1 N–H and O–H groups in total. The number of anilines is 1. The van der Waals surface area contributed by atoms with Crippen molar-refractivity contribution < 1.29 is 27.8 Å². The van der Waals surface area contributed by atoms with Crippen LogP contribution in [0, 0.1) is 11.6 Å². The van der Waals surface area contributed by atoms with Gasteiger partial charge in [-0.3, -0.25) is 10.2 Å². The summed E-state index contributed by atoms with van der Waals surface area (Å²) >= 11 is 0. The van der Waals surface area contributed by atoms with E-state index in [1.54, 1.807) is 23.1 Å². The summed E-state index contributed by atoms with van der Waals surface area (Å²) in [5.74, 6) is -0.676. The van der Waals surface area contributed by atoms with E-state index >= 15 is 0 Å². The average molecular weight is 405 g/mol. The molecule has 0 bridgehead atoms. The van der Waals surface area contributed by atoms with Crippen molar-refractivity contribution in [3.05, 3.63) is 53.6 Å². The van der Waals surface area contributed by atoms with Crippen LogP contribution in [0.15, 0.2) is 41.5 Å². The molecule has 1 aliphatic heterocycles. The zero-order valence-electron chi connectivity index (χ0n) is 15.9. The highest BCUT2D eigenvalue weighted by molar-refractivity contribution is 5.82. The van der Waals surface area contributed by atoms with Gasteiger partial charge in [0.05, 0.1) is 32.2 Å². The lowest BCUT2D eigenvalue weighted by Gasteiger charge is -2.26. The average Bonchev–Trinajstić information content (AvgIpc) is 2.74. The topological polar surface area (TPSA) is 72.4 Å². The molecule has 0 aliphatic carbocycles. The van der Waals surface area contributed by atoms with Gasteiger partial charge >= 0.3 is 0 Å². The van der Waals surface area contributed by atoms with Crippen molar-refractivity contribution in [3.63, 3.8) is 0 Å². The molecule has 7 nitrogen and oxygen atoms in total. The normalized spacial score (nSPS) is 14.1. The van der Waals surface area contributed by atoms with Crippen LogP contribution in [-0.2, 0) is 9.53 Å². The van der Waals surface area contributed by atoms with Gasteiger partial charge in [-0.2, -0.15) is 5.10 Å². The highest BCUT2D eigenvalue weighted by atomic mass is 19.1. The molecule has 0 atom stereocenters. The summed E-state index contributed by atoms with van der Waals surface area (Å²) in [4.78, 5) is 13.9. The molecule has 1 saturated heterocycles. The minimum absolute atomic E-state index is 0.0520. The van der Waals surface area contributed by atoms with Crippen LogP contribution in [0.25, 0.3) is 0 Å². The van der Waals surface area contributed by atoms with Crippen molar-refractivity contribution in [1.29, 1.82) is 0 Å². The van der Waals surface area contributed by atoms with Crippen LogP contribution in [0.4, 0.5) is 14.5 Å². The Morgan fingerprint density at radius 1 is 1.21 bits per heavy atom. The summed E-state index contributed by atoms with van der Waals surface area (Å²) < 4.78 is 42.6. The van der Waals surface area contributed by atoms with Gasteiger partial charge in [0.15, 0.2) is 23.9 Å². The second-order valence-corrected chi connectivity index (χ2v) is 6.19. The maximum absolute atomic E-state index is 13.6. The molecule has 0 spiro atoms. The number of halogens is 2. The van der Waals surface area contributed by atoms with Gasteiger partial charge in [0.1, 0.15) is 5.82 Å². The van der Waals surface area contributed by atoms with Crippen LogP contribution in [0.2, 0.25) is 0 Å². The van der Waals surface area contributed by atoms with Gasteiger partial charge in [0, 0.05) is 19.2 Å². The first-order chi connectivity index (χ1) is 14.1. The van der Waals surface area contributed by atoms with Crippen LogP contribution in [0.1, 0.15) is 5.56 Å². The van der Waals surface area contributed by atoms with Crippen molar-refractivity contribution >= 4 is 17.8 Å². The second-order valence-electron chi connectivity index (χ2n) is 6.19. The predicted octanol–water partition coefficient (Wildman–Crippen LogP) is 2.66. The second kappa shape index (κ2) is 9.83. The van der Waals surface area contributed by atoms with E-state index in [9.17, 15) is 13.6 Å². The maximum Gasteiger partial charge on any atom is 0.260 e. The van der Waals surface area contributed by atoms with Gasteiger partial charge < -0.3 is 19.1 Å². The summed E-state index contributed by atoms with van der Waals surface area (Å²) in [7, 11) is 1.49. The third kappa shape index (κ3) is 5.64. The molecule has 1 aliphatic rings. The van der Waals surface area contributed by atoms with E-state index in [4.69, 9.17) is 14.2 Å². The largest absolute Gasteiger partial charge is 0.493 e. The van der Waals surface area contributed by atoms with Crippen LogP contribution < -0.4 is 14.9 Å². The molecule has 0 aromatic heterocycles. The Labute approximate surface area is 166 Å². The number of morpholine rings is 1. The van der Waals surface area contributed by atoms with E-state index in [2.05, 4.69) is 10.5 Å². The Kier molecular flexibility index (Phi) is 6.96. The lowest BCUT2D eigenvalue weighted by molar-refractivity contribution is -0.137. The summed E-state index contributed by atoms with van der Waals surface area (Å²) in [6, 6.07) is 8.19. The number of hydrogen-bond acceptors (Lipinski definition) is 6. The van der Waals surface area contributed by atoms with Gasteiger partial charge in [0.25, 0.3) is 5.91 Å². The summed E-state index contributed by atoms with van der Waals surface area (Å²) in [5.41, 5.74) is 3.22. The number of hydrogen-bond donors (Lipinski definition) is 1. The number of benzene rings is 2. The van der Waals surface area contributed by atoms with E-state index in [1.807, 2.05) is 0 Å². The summed E-state index contributed by atoms with van der Waals surface area (Å²) in [5, 5.41) is 3.94. The minimum atomic E-state index is -0.742. The lowest BCUT2D eigenvalue weighted by Crippen LogP contribution is -2.43. The number of carbonyl (C=O) groups is 1. The van der Waals surface area contributed by atoms with Gasteiger partial charge in [0.2, 0.25) is 0 Å². The number of hydrazone groups is 1. The number of carbonyl (C=O) groups excluding carboxylic acids is 1. The third-order valence-electron chi connectivity index (χ3n) is 4.23. The Bertz CT molecular complexity index is 886. The number of rotatable bonds is 7. The molecule has 29 heavy (non-hydrogen) atoms. The van der Waals surface area contributed by atoms with Gasteiger partial charge in [-0.25, -0.2) is 8.78 Å². The number of nitrogens with one attached hydrogen (secondary N) is 1. The summed E-state index contributed by atoms with van der Waals surface area (Å²) in [6.07, 6.45) is 1.45. The highest BCUT2D eigenvalue weighted by Gasteiger charge is 2.18. The van der Waals surface area contributed by atoms with Crippen molar-refractivity contribution in [1.82, 2.24) is 4.90 Å². The fourth-order valence-corrected chi connectivity index (χ4v) is 2.68. The molecule has 2 aromatic carbocycles. The van der Waals surface area contributed by atoms with Crippen LogP contribution >= 0.6 is 0 Å². The molecule has 0 radical (unpaired) electrons. The van der Waals surface area contributed by atoms with Crippen molar-refractivity contribution in [2.75, 3.05) is 45.4 Å². The Morgan fingerprint density at radius 3 is 2.72 bits per heavy atom. The molecule has 3 rings (SSSR count). The van der Waals surface area contributed by atoms with Crippen molar-refractivity contribution in [2.24, 2.45) is 5.10 Å². The fraction of sp³-hybridized carbons (Fsp3) is 0.300. The molecule has 1 amide bonds. The van der Waals surface area contributed by atoms with Gasteiger partial charge in [-0.15, -0.1) is 0 Å². The Balaban J connectivity index is 1.59. The summed E-state index contributed by atoms with van der Waals surface area (Å²) in [6.45, 7) is 2.06. The monoisotopic (exact) mass is 405 g/mol. The van der Waals surface area contributed by atoms with Gasteiger partial charge in [-0.1, -0.05) is 0 Å². The molecule has 9 heteroatoms. The van der Waals surface area contributed by atoms with Crippen LogP contribution in [0.3, 0.4) is 0 Å². The van der Waals surface area contributed by atoms with Gasteiger partial charge in [-0.05, 0) is 35.9 Å². The van der Waals surface area contributed by atoms with Crippen molar-refractivity contribution in [3.8, 4) is 11.5 Å². The first kappa shape index (κ1) is 20.5. The molecular weight excluding hydrogens is 384 g/mol. The number of methoxy groups -OCH3 is 1. The Hall–Kier alpha value is -3.20. The Morgan fingerprint density at radius 2 is 2.00 bits per heavy atom. The first-order valence-electron chi connectivity index (χ1n) is 8.97. The number of amides is 1. The van der Waals surface area contributed by atoms with E-state index < -0.39 is 11.6 Å². The highest BCUT2D eigenvalue weighted by Crippen LogP contribution is 2.27. The number of nitrogens with zero attached hydrogens (tertiary/aromatic N) is 2. The molecule has 1 fully saturated rings. The van der Waals surface area contributed by atoms with E-state index in [0.717, 1.165) is 12.1 Å². The first-order valence-corrected chi connectivity index (χ1v) is 8.97. The van der Waals surface area contributed by atoms with E-state index in [0.29, 0.717) is 43.4 Å². The van der Waals surface area contributed by atoms with Crippen LogP contribution in [-0.4, -0.2) is 57.0 Å². The molecular formula is C20H21F2N3O4. The minimum Gasteiger partial charge on any atom is -0.493 e. The third-order valence-corrected chi connectivity index (χ3v) is 4.23. The molecule has 2 aromatic rings. The van der Waals surface area contributed by atoms with Crippen molar-refractivity contribution in [2.45, 2.75) is 0 Å². The fourth-order valence-electron chi connectivity index (χ4n) is 2.68. The molecule has 1 heterocycles. The molecule has 0 saturated carbocycles. The van der Waals surface area contributed by atoms with E-state index in [-0.39, 0.29) is 18.2 Å². The zero-order chi connectivity index (χ0) is 20.6. The predicted molar refractivity (Wildman–Crippen MR) is 103 cm³/mol. The zero-order valence-corrected chi connectivity index (χ0v) is 15.9. The smallest absolute Gasteiger partial charge is 0.260 e. The maximum atomic E-state index is 13.6. The standard InChI is InChI=1S/C20H21F2N3O4/c1-27-19-10-14(12-23-24-17-4-3-15(21)11-16(17)22)2-5-18(19)29-13-20(26)25-6-8-28-9-7-25/h2-5,10-12,24H,6-9,13H2,1H3/b23-12-. The lowest BCUT2D eigenvalue weighted by atomic mass is 10.2. The number of ether oxygens (including phenoxy) is 3. The molecule has 154 valence electrons.